The summed E-state index contributed by atoms with van der Waals surface area (Å²) in [5, 5.41) is 4.39. The van der Waals surface area contributed by atoms with Gasteiger partial charge in [0, 0.05) is 5.56 Å². The summed E-state index contributed by atoms with van der Waals surface area (Å²) in [6, 6.07) is 15.4. The average Bonchev–Trinajstić information content (AvgIpc) is 3.36. The van der Waals surface area contributed by atoms with Crippen LogP contribution in [-0.2, 0) is 0 Å². The maximum Gasteiger partial charge on any atom is 0.291 e. The van der Waals surface area contributed by atoms with Gasteiger partial charge in [0.15, 0.2) is 17.3 Å². The molecule has 0 radical (unpaired) electrons. The van der Waals surface area contributed by atoms with E-state index in [-0.39, 0.29) is 5.56 Å². The largest absolute Gasteiger partial charge is 0.493 e. The second-order valence-corrected chi connectivity index (χ2v) is 8.59. The normalized spacial score (nSPS) is 11.9. The quantitative estimate of drug-likeness (QED) is 0.328. The van der Waals surface area contributed by atoms with Crippen LogP contribution in [0.2, 0.25) is 0 Å². The summed E-state index contributed by atoms with van der Waals surface area (Å²) < 4.78 is 13.4. The van der Waals surface area contributed by atoms with Gasteiger partial charge in [-0.3, -0.25) is 4.79 Å². The van der Waals surface area contributed by atoms with Crippen molar-refractivity contribution < 1.29 is 9.47 Å². The van der Waals surface area contributed by atoms with Crippen molar-refractivity contribution in [3.05, 3.63) is 69.0 Å². The summed E-state index contributed by atoms with van der Waals surface area (Å²) in [6.07, 6.45) is 7.79. The summed E-state index contributed by atoms with van der Waals surface area (Å²) in [7, 11) is 1.63. The van der Waals surface area contributed by atoms with E-state index in [9.17, 15) is 4.79 Å². The minimum atomic E-state index is -0.175. The monoisotopic (exact) mass is 449 g/mol. The first-order valence-electron chi connectivity index (χ1n) is 11.0. The van der Waals surface area contributed by atoms with Crippen LogP contribution in [0.15, 0.2) is 53.3 Å². The van der Waals surface area contributed by atoms with E-state index in [1.807, 2.05) is 54.6 Å². The molecule has 0 aliphatic carbocycles. The van der Waals surface area contributed by atoms with Crippen molar-refractivity contribution in [1.82, 2.24) is 14.6 Å². The summed E-state index contributed by atoms with van der Waals surface area (Å²) >= 11 is 1.32. The summed E-state index contributed by atoms with van der Waals surface area (Å²) in [5.74, 6) is 1.93. The van der Waals surface area contributed by atoms with Gasteiger partial charge in [-0.15, -0.1) is 5.10 Å². The van der Waals surface area contributed by atoms with Crippen LogP contribution in [-0.4, -0.2) is 28.3 Å². The van der Waals surface area contributed by atoms with Crippen molar-refractivity contribution in [3.8, 4) is 22.9 Å². The van der Waals surface area contributed by atoms with E-state index < -0.39 is 0 Å². The molecule has 166 valence electrons. The number of ether oxygens (including phenoxy) is 2. The number of unbranched alkanes of at least 4 members (excludes halogenated alkanes) is 4. The molecule has 4 aromatic rings. The number of benzene rings is 2. The molecule has 0 aliphatic rings. The van der Waals surface area contributed by atoms with Crippen LogP contribution >= 0.6 is 11.3 Å². The second-order valence-electron chi connectivity index (χ2n) is 7.58. The Bertz CT molecular complexity index is 1280. The molecule has 0 fully saturated rings. The van der Waals surface area contributed by atoms with Crippen molar-refractivity contribution in [2.75, 3.05) is 13.7 Å². The number of hydrogen-bond acceptors (Lipinski definition) is 6. The van der Waals surface area contributed by atoms with Crippen molar-refractivity contribution in [2.45, 2.75) is 39.0 Å². The summed E-state index contributed by atoms with van der Waals surface area (Å²) in [4.78, 5) is 17.9. The van der Waals surface area contributed by atoms with E-state index in [0.717, 1.165) is 23.3 Å². The second kappa shape index (κ2) is 10.4. The van der Waals surface area contributed by atoms with Crippen molar-refractivity contribution in [2.24, 2.45) is 0 Å². The molecule has 0 atom stereocenters. The SMILES string of the molecule is CCCCCCCOc1ccc(/C=c2\sc3nc(-c4ccccc4)nn3c2=O)cc1OC. The molecule has 0 saturated carbocycles. The zero-order valence-electron chi connectivity index (χ0n) is 18.4. The first kappa shape index (κ1) is 22.0. The molecule has 2 heterocycles. The minimum absolute atomic E-state index is 0.175. The highest BCUT2D eigenvalue weighted by molar-refractivity contribution is 7.15. The zero-order valence-corrected chi connectivity index (χ0v) is 19.2. The molecule has 2 aromatic heterocycles. The molecule has 0 bridgehead atoms. The number of thiazole rings is 1. The van der Waals surface area contributed by atoms with Crippen LogP contribution in [0.25, 0.3) is 22.4 Å². The van der Waals surface area contributed by atoms with E-state index >= 15 is 0 Å². The van der Waals surface area contributed by atoms with Gasteiger partial charge in [-0.1, -0.05) is 80.3 Å². The predicted octanol–water partition coefficient (Wildman–Crippen LogP) is 4.72. The highest BCUT2D eigenvalue weighted by atomic mass is 32.1. The lowest BCUT2D eigenvalue weighted by Gasteiger charge is -2.11. The minimum Gasteiger partial charge on any atom is -0.493 e. The third-order valence-corrected chi connectivity index (χ3v) is 6.16. The zero-order chi connectivity index (χ0) is 22.3. The molecule has 32 heavy (non-hydrogen) atoms. The van der Waals surface area contributed by atoms with Gasteiger partial charge in [-0.05, 0) is 30.2 Å². The third-order valence-electron chi connectivity index (χ3n) is 5.20. The molecule has 0 aliphatic heterocycles. The van der Waals surface area contributed by atoms with E-state index in [4.69, 9.17) is 9.47 Å². The molecule has 0 saturated heterocycles. The van der Waals surface area contributed by atoms with Gasteiger partial charge in [-0.2, -0.15) is 9.50 Å². The van der Waals surface area contributed by atoms with Crippen LogP contribution in [0.1, 0.15) is 44.6 Å². The van der Waals surface area contributed by atoms with Gasteiger partial charge in [0.05, 0.1) is 18.2 Å². The fourth-order valence-corrected chi connectivity index (χ4v) is 4.38. The molecule has 0 unspecified atom stereocenters. The first-order chi connectivity index (χ1) is 15.7. The fraction of sp³-hybridized carbons (Fsp3) is 0.320. The number of nitrogens with zero attached hydrogens (tertiary/aromatic N) is 3. The van der Waals surface area contributed by atoms with Gasteiger partial charge in [0.25, 0.3) is 5.56 Å². The molecule has 0 N–H and O–H groups in total. The topological polar surface area (TPSA) is 65.7 Å². The highest BCUT2D eigenvalue weighted by Gasteiger charge is 2.12. The average molecular weight is 450 g/mol. The van der Waals surface area contributed by atoms with Crippen LogP contribution < -0.4 is 19.6 Å². The summed E-state index contributed by atoms with van der Waals surface area (Å²) in [5.41, 5.74) is 1.58. The number of aromatic nitrogens is 3. The molecular formula is C25H27N3O3S. The van der Waals surface area contributed by atoms with Gasteiger partial charge in [0.1, 0.15) is 0 Å². The molecule has 4 rings (SSSR count). The highest BCUT2D eigenvalue weighted by Crippen LogP contribution is 2.28. The van der Waals surface area contributed by atoms with Gasteiger partial charge in [0.2, 0.25) is 4.96 Å². The maximum absolute atomic E-state index is 12.8. The van der Waals surface area contributed by atoms with Crippen LogP contribution in [0.4, 0.5) is 0 Å². The van der Waals surface area contributed by atoms with E-state index in [2.05, 4.69) is 17.0 Å². The third kappa shape index (κ3) is 4.99. The standard InChI is InChI=1S/C25H27N3O3S/c1-3-4-5-6-10-15-31-20-14-13-18(16-21(20)30-2)17-22-24(29)28-25(32-22)26-23(27-28)19-11-8-7-9-12-19/h7-9,11-14,16-17H,3-6,10,15H2,1-2H3/b22-17-. The lowest BCUT2D eigenvalue weighted by molar-refractivity contribution is 0.285. The van der Waals surface area contributed by atoms with E-state index in [0.29, 0.717) is 27.7 Å². The molecule has 0 amide bonds. The Morgan fingerprint density at radius 2 is 1.84 bits per heavy atom. The first-order valence-corrected chi connectivity index (χ1v) is 11.8. The Hall–Kier alpha value is -3.19. The van der Waals surface area contributed by atoms with Crippen molar-refractivity contribution in [3.63, 3.8) is 0 Å². The van der Waals surface area contributed by atoms with Crippen molar-refractivity contribution in [1.29, 1.82) is 0 Å². The lowest BCUT2D eigenvalue weighted by Crippen LogP contribution is -2.23. The van der Waals surface area contributed by atoms with Crippen LogP contribution in [0, 0.1) is 0 Å². The molecule has 2 aromatic carbocycles. The van der Waals surface area contributed by atoms with E-state index in [1.54, 1.807) is 7.11 Å². The predicted molar refractivity (Wildman–Crippen MR) is 129 cm³/mol. The van der Waals surface area contributed by atoms with Crippen LogP contribution in [0.3, 0.4) is 0 Å². The van der Waals surface area contributed by atoms with Crippen molar-refractivity contribution >= 4 is 22.4 Å². The maximum atomic E-state index is 12.8. The Kier molecular flexibility index (Phi) is 7.17. The molecule has 6 nitrogen and oxygen atoms in total. The summed E-state index contributed by atoms with van der Waals surface area (Å²) in [6.45, 7) is 2.88. The van der Waals surface area contributed by atoms with Gasteiger partial charge >= 0.3 is 0 Å². The van der Waals surface area contributed by atoms with E-state index in [1.165, 1.54) is 41.5 Å². The fourth-order valence-electron chi connectivity index (χ4n) is 3.48. The Morgan fingerprint density at radius 1 is 1.03 bits per heavy atom. The van der Waals surface area contributed by atoms with Gasteiger partial charge in [-0.25, -0.2) is 0 Å². The molecule has 7 heteroatoms. The molecule has 0 spiro atoms. The lowest BCUT2D eigenvalue weighted by atomic mass is 10.1. The van der Waals surface area contributed by atoms with Gasteiger partial charge < -0.3 is 9.47 Å². The Morgan fingerprint density at radius 3 is 2.59 bits per heavy atom. The Labute approximate surface area is 191 Å². The molecular weight excluding hydrogens is 422 g/mol. The smallest absolute Gasteiger partial charge is 0.291 e. The number of rotatable bonds is 10. The number of hydrogen-bond donors (Lipinski definition) is 0. The van der Waals surface area contributed by atoms with Crippen LogP contribution in [0.5, 0.6) is 11.5 Å². The number of methoxy groups -OCH3 is 1. The number of fused-ring (bicyclic) bond motifs is 1. The Balaban J connectivity index is 1.52.